The van der Waals surface area contributed by atoms with Crippen molar-refractivity contribution in [3.8, 4) is 0 Å². The molecule has 0 aromatic carbocycles. The molecule has 0 saturated heterocycles. The Bertz CT molecular complexity index is 153. The summed E-state index contributed by atoms with van der Waals surface area (Å²) in [6.45, 7) is 3.37. The van der Waals surface area contributed by atoms with Crippen LogP contribution in [0.15, 0.2) is 0 Å². The van der Waals surface area contributed by atoms with E-state index in [0.29, 0.717) is 6.42 Å². The minimum absolute atomic E-state index is 0.434. The van der Waals surface area contributed by atoms with E-state index in [9.17, 15) is 4.79 Å². The van der Waals surface area contributed by atoms with Crippen molar-refractivity contribution in [1.82, 2.24) is 0 Å². The van der Waals surface area contributed by atoms with E-state index in [-0.39, 0.29) is 0 Å². The molecule has 0 saturated carbocycles. The van der Waals surface area contributed by atoms with Gasteiger partial charge in [-0.3, -0.25) is 0 Å². The van der Waals surface area contributed by atoms with Crippen LogP contribution >= 0.6 is 25.3 Å². The van der Waals surface area contributed by atoms with Gasteiger partial charge in [0.2, 0.25) is 6.29 Å². The Balaban J connectivity index is 3.85. The Kier molecular flexibility index (Phi) is 5.04. The first-order valence-corrected chi connectivity index (χ1v) is 4.61. The second-order valence-electron chi connectivity index (χ2n) is 2.67. The molecule has 0 amide bonds. The lowest BCUT2D eigenvalue weighted by molar-refractivity contribution is -0.168. The standard InChI is InChI=1S/C7H14O3S2/c1-3-4-5(8)10-6(9)7(2,11)12/h5,8,11-12H,3-4H2,1-2H3. The van der Waals surface area contributed by atoms with Crippen molar-refractivity contribution in [1.29, 1.82) is 0 Å². The first-order valence-electron chi connectivity index (χ1n) is 3.71. The van der Waals surface area contributed by atoms with Gasteiger partial charge < -0.3 is 9.84 Å². The zero-order valence-electron chi connectivity index (χ0n) is 7.15. The van der Waals surface area contributed by atoms with Crippen LogP contribution < -0.4 is 0 Å². The van der Waals surface area contributed by atoms with Crippen molar-refractivity contribution in [2.45, 2.75) is 37.1 Å². The molecule has 1 atom stereocenters. The van der Waals surface area contributed by atoms with Crippen molar-refractivity contribution in [2.75, 3.05) is 0 Å². The largest absolute Gasteiger partial charge is 0.434 e. The molecule has 0 aliphatic rings. The van der Waals surface area contributed by atoms with Crippen LogP contribution in [-0.2, 0) is 9.53 Å². The fourth-order valence-electron chi connectivity index (χ4n) is 0.541. The highest BCUT2D eigenvalue weighted by atomic mass is 32.2. The minimum Gasteiger partial charge on any atom is -0.434 e. The molecule has 0 fully saturated rings. The highest BCUT2D eigenvalue weighted by Crippen LogP contribution is 2.20. The topological polar surface area (TPSA) is 46.5 Å². The Hall–Kier alpha value is 0.130. The Morgan fingerprint density at radius 2 is 2.17 bits per heavy atom. The van der Waals surface area contributed by atoms with Crippen LogP contribution in [0.2, 0.25) is 0 Å². The zero-order valence-corrected chi connectivity index (χ0v) is 8.94. The van der Waals surface area contributed by atoms with Gasteiger partial charge in [0.05, 0.1) is 0 Å². The summed E-state index contributed by atoms with van der Waals surface area (Å²) in [4.78, 5) is 11.0. The highest BCUT2D eigenvalue weighted by Gasteiger charge is 2.27. The van der Waals surface area contributed by atoms with Gasteiger partial charge in [0.1, 0.15) is 0 Å². The quantitative estimate of drug-likeness (QED) is 0.371. The second-order valence-corrected chi connectivity index (χ2v) is 4.81. The predicted molar refractivity (Wildman–Crippen MR) is 53.4 cm³/mol. The predicted octanol–water partition coefficient (Wildman–Crippen LogP) is 1.22. The maximum absolute atomic E-state index is 11.0. The van der Waals surface area contributed by atoms with Crippen LogP contribution in [0.4, 0.5) is 0 Å². The molecule has 0 heterocycles. The molecular formula is C7H14O3S2. The molecule has 0 aliphatic carbocycles. The van der Waals surface area contributed by atoms with E-state index in [2.05, 4.69) is 30.0 Å². The number of esters is 1. The van der Waals surface area contributed by atoms with Crippen molar-refractivity contribution in [3.05, 3.63) is 0 Å². The molecule has 0 aromatic heterocycles. The van der Waals surface area contributed by atoms with Crippen LogP contribution in [0.3, 0.4) is 0 Å². The number of hydrogen-bond acceptors (Lipinski definition) is 5. The average molecular weight is 210 g/mol. The summed E-state index contributed by atoms with van der Waals surface area (Å²) in [5.74, 6) is -0.630. The summed E-state index contributed by atoms with van der Waals surface area (Å²) < 4.78 is 3.47. The summed E-state index contributed by atoms with van der Waals surface area (Å²) in [6.07, 6.45) is 0.148. The maximum Gasteiger partial charge on any atom is 0.334 e. The number of aliphatic hydroxyl groups is 1. The highest BCUT2D eigenvalue weighted by molar-refractivity contribution is 8.01. The van der Waals surface area contributed by atoms with Crippen LogP contribution in [0.25, 0.3) is 0 Å². The number of rotatable bonds is 4. The van der Waals surface area contributed by atoms with E-state index in [4.69, 9.17) is 5.11 Å². The molecule has 0 rings (SSSR count). The number of aliphatic hydroxyl groups excluding tert-OH is 1. The molecular weight excluding hydrogens is 196 g/mol. The van der Waals surface area contributed by atoms with Crippen LogP contribution in [0.5, 0.6) is 0 Å². The van der Waals surface area contributed by atoms with Gasteiger partial charge in [-0.2, -0.15) is 25.3 Å². The lowest BCUT2D eigenvalue weighted by atomic mass is 10.3. The van der Waals surface area contributed by atoms with E-state index in [1.165, 1.54) is 6.92 Å². The van der Waals surface area contributed by atoms with Crippen LogP contribution in [0.1, 0.15) is 26.7 Å². The van der Waals surface area contributed by atoms with Crippen molar-refractivity contribution < 1.29 is 14.6 Å². The number of ether oxygens (including phenoxy) is 1. The number of thiol groups is 2. The summed E-state index contributed by atoms with van der Waals surface area (Å²) in [7, 11) is 0. The molecule has 0 bridgehead atoms. The molecule has 3 nitrogen and oxygen atoms in total. The van der Waals surface area contributed by atoms with Gasteiger partial charge in [0, 0.05) is 6.42 Å². The third kappa shape index (κ3) is 4.90. The Morgan fingerprint density at radius 3 is 2.50 bits per heavy atom. The molecule has 72 valence electrons. The second kappa shape index (κ2) is 4.99. The fraction of sp³-hybridized carbons (Fsp3) is 0.857. The monoisotopic (exact) mass is 210 g/mol. The van der Waals surface area contributed by atoms with Crippen molar-refractivity contribution in [3.63, 3.8) is 0 Å². The Morgan fingerprint density at radius 1 is 1.67 bits per heavy atom. The summed E-state index contributed by atoms with van der Waals surface area (Å²) in [5.41, 5.74) is 0. The van der Waals surface area contributed by atoms with Gasteiger partial charge in [-0.1, -0.05) is 13.3 Å². The van der Waals surface area contributed by atoms with Gasteiger partial charge in [-0.05, 0) is 6.92 Å². The van der Waals surface area contributed by atoms with Crippen molar-refractivity contribution >= 4 is 31.2 Å². The third-order valence-electron chi connectivity index (χ3n) is 1.17. The fourth-order valence-corrected chi connectivity index (χ4v) is 0.646. The number of carbonyl (C=O) groups is 1. The molecule has 1 N–H and O–H groups in total. The first kappa shape index (κ1) is 12.1. The van der Waals surface area contributed by atoms with Gasteiger partial charge >= 0.3 is 5.97 Å². The molecule has 1 unspecified atom stereocenters. The van der Waals surface area contributed by atoms with Gasteiger partial charge in [0.15, 0.2) is 4.08 Å². The summed E-state index contributed by atoms with van der Waals surface area (Å²) in [5, 5.41) is 9.07. The van der Waals surface area contributed by atoms with Crippen molar-refractivity contribution in [2.24, 2.45) is 0 Å². The maximum atomic E-state index is 11.0. The van der Waals surface area contributed by atoms with E-state index in [1.54, 1.807) is 0 Å². The molecule has 0 aliphatic heterocycles. The first-order chi connectivity index (χ1) is 5.38. The summed E-state index contributed by atoms with van der Waals surface area (Å²) >= 11 is 7.74. The molecule has 5 heteroatoms. The molecule has 12 heavy (non-hydrogen) atoms. The summed E-state index contributed by atoms with van der Waals surface area (Å²) in [6, 6.07) is 0. The van der Waals surface area contributed by atoms with Crippen LogP contribution in [0, 0.1) is 0 Å². The molecule has 0 aromatic rings. The zero-order chi connectivity index (χ0) is 9.78. The van der Waals surface area contributed by atoms with E-state index in [1.807, 2.05) is 6.92 Å². The van der Waals surface area contributed by atoms with Gasteiger partial charge in [-0.15, -0.1) is 0 Å². The van der Waals surface area contributed by atoms with E-state index in [0.717, 1.165) is 6.42 Å². The number of hydrogen-bond donors (Lipinski definition) is 3. The normalized spacial score (nSPS) is 14.1. The average Bonchev–Trinajstić information content (AvgIpc) is 1.85. The van der Waals surface area contributed by atoms with Gasteiger partial charge in [0.25, 0.3) is 0 Å². The molecule has 0 spiro atoms. The van der Waals surface area contributed by atoms with Gasteiger partial charge in [-0.25, -0.2) is 4.79 Å². The minimum atomic E-state index is -1.14. The molecule has 0 radical (unpaired) electrons. The third-order valence-corrected chi connectivity index (χ3v) is 1.53. The van der Waals surface area contributed by atoms with E-state index >= 15 is 0 Å². The van der Waals surface area contributed by atoms with Crippen LogP contribution in [-0.4, -0.2) is 21.4 Å². The number of carbonyl (C=O) groups excluding carboxylic acids is 1. The lowest BCUT2D eigenvalue weighted by Gasteiger charge is -2.18. The van der Waals surface area contributed by atoms with E-state index < -0.39 is 16.3 Å². The smallest absolute Gasteiger partial charge is 0.334 e. The lowest BCUT2D eigenvalue weighted by Crippen LogP contribution is -2.29. The Labute approximate surface area is 83.3 Å². The SMILES string of the molecule is CCCC(O)OC(=O)C(C)(S)S.